The van der Waals surface area contributed by atoms with Crippen LogP contribution in [-0.4, -0.2) is 16.6 Å². The molecule has 0 saturated heterocycles. The molecule has 0 amide bonds. The molecular weight excluding hydrogens is 164 g/mol. The first-order valence-corrected chi connectivity index (χ1v) is 3.74. The Balaban J connectivity index is 2.89. The minimum atomic E-state index is 0.418. The predicted molar refractivity (Wildman–Crippen MR) is 42.9 cm³/mol. The summed E-state index contributed by atoms with van der Waals surface area (Å²) in [5.74, 6) is 1.16. The fraction of sp³-hybridized carbons (Fsp3) is 0.429. The van der Waals surface area contributed by atoms with E-state index in [0.29, 0.717) is 23.5 Å². The first kappa shape index (κ1) is 8.27. The number of rotatable bonds is 2. The van der Waals surface area contributed by atoms with Crippen LogP contribution in [0, 0.1) is 6.92 Å². The van der Waals surface area contributed by atoms with Gasteiger partial charge in [0.2, 0.25) is 5.88 Å². The summed E-state index contributed by atoms with van der Waals surface area (Å²) in [7, 11) is 0. The van der Waals surface area contributed by atoms with Crippen LogP contribution in [0.5, 0.6) is 5.88 Å². The molecule has 0 N–H and O–H groups in total. The van der Waals surface area contributed by atoms with Gasteiger partial charge in [-0.3, -0.25) is 0 Å². The molecule has 0 radical (unpaired) electrons. The summed E-state index contributed by atoms with van der Waals surface area (Å²) >= 11 is 5.65. The van der Waals surface area contributed by atoms with Gasteiger partial charge in [0.15, 0.2) is 0 Å². The number of halogens is 1. The third kappa shape index (κ3) is 2.35. The van der Waals surface area contributed by atoms with Gasteiger partial charge in [-0.2, -0.15) is 4.98 Å². The Morgan fingerprint density at radius 3 is 2.82 bits per heavy atom. The van der Waals surface area contributed by atoms with Gasteiger partial charge >= 0.3 is 0 Å². The average molecular weight is 173 g/mol. The van der Waals surface area contributed by atoms with Crippen molar-refractivity contribution in [1.29, 1.82) is 0 Å². The first-order chi connectivity index (χ1) is 5.22. The second-order valence-electron chi connectivity index (χ2n) is 2.01. The Kier molecular flexibility index (Phi) is 2.65. The normalized spacial score (nSPS) is 9.73. The predicted octanol–water partition coefficient (Wildman–Crippen LogP) is 1.84. The Hall–Kier alpha value is -0.830. The zero-order chi connectivity index (χ0) is 8.27. The van der Waals surface area contributed by atoms with Gasteiger partial charge in [0.1, 0.15) is 11.0 Å². The molecule has 4 heteroatoms. The van der Waals surface area contributed by atoms with E-state index >= 15 is 0 Å². The summed E-state index contributed by atoms with van der Waals surface area (Å²) in [4.78, 5) is 7.90. The Labute approximate surface area is 70.4 Å². The molecule has 0 aromatic carbocycles. The van der Waals surface area contributed by atoms with Crippen molar-refractivity contribution in [3.05, 3.63) is 17.0 Å². The average Bonchev–Trinajstić information content (AvgIpc) is 1.85. The van der Waals surface area contributed by atoms with Gasteiger partial charge in [-0.05, 0) is 13.8 Å². The second-order valence-corrected chi connectivity index (χ2v) is 2.40. The van der Waals surface area contributed by atoms with Crippen molar-refractivity contribution in [1.82, 2.24) is 9.97 Å². The number of ether oxygens (including phenoxy) is 1. The van der Waals surface area contributed by atoms with E-state index in [2.05, 4.69) is 9.97 Å². The van der Waals surface area contributed by atoms with Gasteiger partial charge in [-0.25, -0.2) is 4.98 Å². The largest absolute Gasteiger partial charge is 0.478 e. The highest BCUT2D eigenvalue weighted by Crippen LogP contribution is 2.12. The van der Waals surface area contributed by atoms with Gasteiger partial charge in [0, 0.05) is 6.07 Å². The third-order valence-electron chi connectivity index (χ3n) is 1.08. The lowest BCUT2D eigenvalue weighted by atomic mass is 10.6. The molecule has 0 fully saturated rings. The zero-order valence-electron chi connectivity index (χ0n) is 6.47. The summed E-state index contributed by atoms with van der Waals surface area (Å²) in [5.41, 5.74) is 0. The summed E-state index contributed by atoms with van der Waals surface area (Å²) in [6.07, 6.45) is 0. The van der Waals surface area contributed by atoms with Gasteiger partial charge in [0.25, 0.3) is 0 Å². The molecule has 11 heavy (non-hydrogen) atoms. The van der Waals surface area contributed by atoms with Gasteiger partial charge < -0.3 is 4.74 Å². The monoisotopic (exact) mass is 172 g/mol. The molecule has 1 aromatic rings. The van der Waals surface area contributed by atoms with E-state index in [1.807, 2.05) is 6.92 Å². The van der Waals surface area contributed by atoms with E-state index in [9.17, 15) is 0 Å². The van der Waals surface area contributed by atoms with E-state index in [4.69, 9.17) is 16.3 Å². The summed E-state index contributed by atoms with van der Waals surface area (Å²) < 4.78 is 5.13. The molecule has 3 nitrogen and oxygen atoms in total. The van der Waals surface area contributed by atoms with Crippen molar-refractivity contribution in [3.63, 3.8) is 0 Å². The van der Waals surface area contributed by atoms with E-state index < -0.39 is 0 Å². The fourth-order valence-electron chi connectivity index (χ4n) is 0.727. The Bertz CT molecular complexity index is 232. The molecular formula is C7H9ClN2O. The molecule has 0 saturated carbocycles. The molecule has 0 aliphatic carbocycles. The molecule has 0 atom stereocenters. The molecule has 1 aromatic heterocycles. The van der Waals surface area contributed by atoms with Crippen LogP contribution in [0.15, 0.2) is 6.07 Å². The van der Waals surface area contributed by atoms with Crippen LogP contribution in [-0.2, 0) is 0 Å². The lowest BCUT2D eigenvalue weighted by Crippen LogP contribution is -1.97. The van der Waals surface area contributed by atoms with Crippen LogP contribution in [0.25, 0.3) is 0 Å². The van der Waals surface area contributed by atoms with Crippen LogP contribution in [0.1, 0.15) is 12.7 Å². The Morgan fingerprint density at radius 1 is 1.55 bits per heavy atom. The molecule has 1 heterocycles. The quantitative estimate of drug-likeness (QED) is 0.639. The minimum absolute atomic E-state index is 0.418. The van der Waals surface area contributed by atoms with E-state index in [1.54, 1.807) is 13.0 Å². The first-order valence-electron chi connectivity index (χ1n) is 3.36. The van der Waals surface area contributed by atoms with Crippen LogP contribution in [0.2, 0.25) is 5.15 Å². The molecule has 60 valence electrons. The van der Waals surface area contributed by atoms with E-state index in [-0.39, 0.29) is 0 Å². The van der Waals surface area contributed by atoms with Crippen molar-refractivity contribution in [3.8, 4) is 5.88 Å². The van der Waals surface area contributed by atoms with Crippen molar-refractivity contribution in [2.75, 3.05) is 6.61 Å². The smallest absolute Gasteiger partial charge is 0.218 e. The maximum atomic E-state index is 5.65. The number of nitrogens with zero attached hydrogens (tertiary/aromatic N) is 2. The molecule has 0 aliphatic heterocycles. The molecule has 1 rings (SSSR count). The summed E-state index contributed by atoms with van der Waals surface area (Å²) in [6.45, 7) is 4.26. The van der Waals surface area contributed by atoms with Gasteiger partial charge in [0.05, 0.1) is 6.61 Å². The topological polar surface area (TPSA) is 35.0 Å². The number of aromatic nitrogens is 2. The van der Waals surface area contributed by atoms with E-state index in [0.717, 1.165) is 0 Å². The minimum Gasteiger partial charge on any atom is -0.478 e. The molecule has 0 spiro atoms. The molecule has 0 unspecified atom stereocenters. The van der Waals surface area contributed by atoms with Crippen LogP contribution in [0.3, 0.4) is 0 Å². The maximum absolute atomic E-state index is 5.65. The standard InChI is InChI=1S/C7H9ClN2O/c1-3-11-7-4-6(8)9-5(2)10-7/h4H,3H2,1-2H3. The van der Waals surface area contributed by atoms with Gasteiger partial charge in [-0.1, -0.05) is 11.6 Å². The van der Waals surface area contributed by atoms with Crippen molar-refractivity contribution in [2.45, 2.75) is 13.8 Å². The van der Waals surface area contributed by atoms with Crippen molar-refractivity contribution < 1.29 is 4.74 Å². The van der Waals surface area contributed by atoms with Crippen molar-refractivity contribution in [2.24, 2.45) is 0 Å². The lowest BCUT2D eigenvalue weighted by molar-refractivity contribution is 0.325. The van der Waals surface area contributed by atoms with Gasteiger partial charge in [-0.15, -0.1) is 0 Å². The zero-order valence-corrected chi connectivity index (χ0v) is 7.22. The lowest BCUT2D eigenvalue weighted by Gasteiger charge is -2.01. The fourth-order valence-corrected chi connectivity index (χ4v) is 0.943. The third-order valence-corrected chi connectivity index (χ3v) is 1.27. The summed E-state index contributed by atoms with van der Waals surface area (Å²) in [6, 6.07) is 1.60. The molecule has 0 bridgehead atoms. The van der Waals surface area contributed by atoms with Crippen LogP contribution < -0.4 is 4.74 Å². The van der Waals surface area contributed by atoms with E-state index in [1.165, 1.54) is 0 Å². The second kappa shape index (κ2) is 3.53. The highest BCUT2D eigenvalue weighted by molar-refractivity contribution is 6.29. The van der Waals surface area contributed by atoms with Crippen molar-refractivity contribution >= 4 is 11.6 Å². The maximum Gasteiger partial charge on any atom is 0.218 e. The highest BCUT2D eigenvalue weighted by atomic mass is 35.5. The Morgan fingerprint density at radius 2 is 2.27 bits per heavy atom. The van der Waals surface area contributed by atoms with Crippen LogP contribution in [0.4, 0.5) is 0 Å². The molecule has 0 aliphatic rings. The number of aryl methyl sites for hydroxylation is 1. The summed E-state index contributed by atoms with van der Waals surface area (Å²) in [5, 5.41) is 0.418. The number of hydrogen-bond acceptors (Lipinski definition) is 3. The van der Waals surface area contributed by atoms with Crippen LogP contribution >= 0.6 is 11.6 Å². The number of hydrogen-bond donors (Lipinski definition) is 0. The SMILES string of the molecule is CCOc1cc(Cl)nc(C)n1. The highest BCUT2D eigenvalue weighted by Gasteiger charge is 1.98.